The Kier molecular flexibility index (Phi) is 3.11. The molecule has 0 atom stereocenters. The van der Waals surface area contributed by atoms with Crippen molar-refractivity contribution in [3.63, 3.8) is 0 Å². The van der Waals surface area contributed by atoms with Crippen LogP contribution < -0.4 is 5.32 Å². The van der Waals surface area contributed by atoms with Crippen LogP contribution in [-0.4, -0.2) is 0 Å². The number of hydrogen-bond donors (Lipinski definition) is 1. The number of nitriles is 1. The van der Waals surface area contributed by atoms with Gasteiger partial charge < -0.3 is 5.32 Å². The minimum Gasteiger partial charge on any atom is -0.355 e. The molecule has 0 aromatic heterocycles. The minimum atomic E-state index is 0.692. The lowest BCUT2D eigenvalue weighted by Gasteiger charge is -2.09. The maximum absolute atomic E-state index is 8.80. The highest BCUT2D eigenvalue weighted by atomic mass is 14.9. The third-order valence-electron chi connectivity index (χ3n) is 2.69. The van der Waals surface area contributed by atoms with E-state index in [1.165, 1.54) is 5.56 Å². The number of hydrogen-bond acceptors (Lipinski definition) is 2. The van der Waals surface area contributed by atoms with Crippen molar-refractivity contribution in [2.75, 3.05) is 5.32 Å². The van der Waals surface area contributed by atoms with Crippen LogP contribution in [0, 0.1) is 25.2 Å². The normalized spacial score (nSPS) is 9.71. The van der Waals surface area contributed by atoms with Crippen LogP contribution >= 0.6 is 0 Å². The number of benzene rings is 2. The maximum Gasteiger partial charge on any atom is 0.0991 e. The van der Waals surface area contributed by atoms with Crippen molar-refractivity contribution in [2.24, 2.45) is 0 Å². The molecule has 84 valence electrons. The van der Waals surface area contributed by atoms with Crippen LogP contribution in [-0.2, 0) is 0 Å². The summed E-state index contributed by atoms with van der Waals surface area (Å²) in [4.78, 5) is 0. The Bertz CT molecular complexity index is 562. The summed E-state index contributed by atoms with van der Waals surface area (Å²) in [6, 6.07) is 16.0. The predicted octanol–water partition coefficient (Wildman–Crippen LogP) is 3.92. The zero-order chi connectivity index (χ0) is 12.3. The quantitative estimate of drug-likeness (QED) is 0.836. The molecule has 2 heteroatoms. The first-order chi connectivity index (χ1) is 8.19. The first-order valence-electron chi connectivity index (χ1n) is 5.53. The second-order valence-electron chi connectivity index (χ2n) is 4.13. The van der Waals surface area contributed by atoms with Gasteiger partial charge in [0.05, 0.1) is 11.6 Å². The number of aryl methyl sites for hydroxylation is 2. The average molecular weight is 222 g/mol. The second-order valence-corrected chi connectivity index (χ2v) is 4.13. The molecule has 0 bridgehead atoms. The summed E-state index contributed by atoms with van der Waals surface area (Å²) in [6.07, 6.45) is 0. The topological polar surface area (TPSA) is 35.8 Å². The van der Waals surface area contributed by atoms with E-state index in [2.05, 4.69) is 30.4 Å². The van der Waals surface area contributed by atoms with Gasteiger partial charge in [-0.25, -0.2) is 0 Å². The average Bonchev–Trinajstić information content (AvgIpc) is 2.34. The van der Waals surface area contributed by atoms with Gasteiger partial charge in [0, 0.05) is 11.4 Å². The molecule has 0 amide bonds. The van der Waals surface area contributed by atoms with E-state index in [0.717, 1.165) is 16.9 Å². The highest BCUT2D eigenvalue weighted by Crippen LogP contribution is 2.21. The Morgan fingerprint density at radius 3 is 2.29 bits per heavy atom. The van der Waals surface area contributed by atoms with Crippen LogP contribution in [0.25, 0.3) is 0 Å². The molecular formula is C15H14N2. The summed E-state index contributed by atoms with van der Waals surface area (Å²) in [5.74, 6) is 0. The van der Waals surface area contributed by atoms with Gasteiger partial charge in [-0.2, -0.15) is 5.26 Å². The van der Waals surface area contributed by atoms with Gasteiger partial charge in [-0.1, -0.05) is 17.7 Å². The molecular weight excluding hydrogens is 208 g/mol. The van der Waals surface area contributed by atoms with Crippen molar-refractivity contribution in [2.45, 2.75) is 13.8 Å². The van der Waals surface area contributed by atoms with Gasteiger partial charge >= 0.3 is 0 Å². The Morgan fingerprint density at radius 2 is 1.71 bits per heavy atom. The Hall–Kier alpha value is -2.27. The van der Waals surface area contributed by atoms with E-state index in [1.807, 2.05) is 37.3 Å². The van der Waals surface area contributed by atoms with E-state index in [-0.39, 0.29) is 0 Å². The molecule has 0 heterocycles. The lowest BCUT2D eigenvalue weighted by Crippen LogP contribution is -1.93. The largest absolute Gasteiger partial charge is 0.355 e. The number of nitrogens with one attached hydrogen (secondary N) is 1. The molecule has 0 unspecified atom stereocenters. The fourth-order valence-corrected chi connectivity index (χ4v) is 1.67. The number of anilines is 2. The second kappa shape index (κ2) is 4.71. The Morgan fingerprint density at radius 1 is 1.00 bits per heavy atom. The zero-order valence-electron chi connectivity index (χ0n) is 9.99. The summed E-state index contributed by atoms with van der Waals surface area (Å²) in [5, 5.41) is 12.1. The smallest absolute Gasteiger partial charge is 0.0991 e. The van der Waals surface area contributed by atoms with Crippen LogP contribution in [0.15, 0.2) is 42.5 Å². The SMILES string of the molecule is Cc1ccc(Nc2ccc(C#N)cc2C)cc1. The Labute approximate surface area is 102 Å². The van der Waals surface area contributed by atoms with Crippen LogP contribution in [0.3, 0.4) is 0 Å². The summed E-state index contributed by atoms with van der Waals surface area (Å²) in [5.41, 5.74) is 5.10. The van der Waals surface area contributed by atoms with Gasteiger partial charge in [0.1, 0.15) is 0 Å². The molecule has 1 N–H and O–H groups in total. The molecule has 2 rings (SSSR count). The van der Waals surface area contributed by atoms with Crippen LogP contribution in [0.1, 0.15) is 16.7 Å². The fourth-order valence-electron chi connectivity index (χ4n) is 1.67. The van der Waals surface area contributed by atoms with Crippen LogP contribution in [0.4, 0.5) is 11.4 Å². The molecule has 17 heavy (non-hydrogen) atoms. The molecule has 2 aromatic rings. The van der Waals surface area contributed by atoms with Crippen LogP contribution in [0.2, 0.25) is 0 Å². The van der Waals surface area contributed by atoms with Gasteiger partial charge in [0.15, 0.2) is 0 Å². The molecule has 0 aliphatic heterocycles. The molecule has 0 aliphatic carbocycles. The third kappa shape index (κ3) is 2.64. The van der Waals surface area contributed by atoms with Gasteiger partial charge in [0.2, 0.25) is 0 Å². The van der Waals surface area contributed by atoms with Crippen LogP contribution in [0.5, 0.6) is 0 Å². The summed E-state index contributed by atoms with van der Waals surface area (Å²) in [6.45, 7) is 4.06. The van der Waals surface area contributed by atoms with Crippen molar-refractivity contribution in [1.82, 2.24) is 0 Å². The minimum absolute atomic E-state index is 0.692. The zero-order valence-corrected chi connectivity index (χ0v) is 9.99. The highest BCUT2D eigenvalue weighted by Gasteiger charge is 2.00. The summed E-state index contributed by atoms with van der Waals surface area (Å²) < 4.78 is 0. The van der Waals surface area contributed by atoms with Crippen molar-refractivity contribution in [3.8, 4) is 6.07 Å². The first kappa shape index (κ1) is 11.2. The molecule has 0 spiro atoms. The van der Waals surface area contributed by atoms with Gasteiger partial charge in [-0.3, -0.25) is 0 Å². The van der Waals surface area contributed by atoms with E-state index in [0.29, 0.717) is 5.56 Å². The number of rotatable bonds is 2. The fraction of sp³-hybridized carbons (Fsp3) is 0.133. The molecule has 2 aromatic carbocycles. The lowest BCUT2D eigenvalue weighted by atomic mass is 10.1. The van der Waals surface area contributed by atoms with E-state index >= 15 is 0 Å². The van der Waals surface area contributed by atoms with Gasteiger partial charge in [-0.05, 0) is 49.7 Å². The molecule has 0 radical (unpaired) electrons. The summed E-state index contributed by atoms with van der Waals surface area (Å²) in [7, 11) is 0. The molecule has 0 saturated heterocycles. The maximum atomic E-state index is 8.80. The van der Waals surface area contributed by atoms with E-state index in [9.17, 15) is 0 Å². The third-order valence-corrected chi connectivity index (χ3v) is 2.69. The summed E-state index contributed by atoms with van der Waals surface area (Å²) >= 11 is 0. The molecule has 0 saturated carbocycles. The Balaban J connectivity index is 2.25. The number of nitrogens with zero attached hydrogens (tertiary/aromatic N) is 1. The molecule has 0 fully saturated rings. The molecule has 2 nitrogen and oxygen atoms in total. The highest BCUT2D eigenvalue weighted by molar-refractivity contribution is 5.64. The lowest BCUT2D eigenvalue weighted by molar-refractivity contribution is 1.39. The van der Waals surface area contributed by atoms with E-state index in [1.54, 1.807) is 0 Å². The first-order valence-corrected chi connectivity index (χ1v) is 5.53. The van der Waals surface area contributed by atoms with Crippen molar-refractivity contribution in [3.05, 3.63) is 59.2 Å². The standard InChI is InChI=1S/C15H14N2/c1-11-3-6-14(7-4-11)17-15-8-5-13(10-16)9-12(15)2/h3-9,17H,1-2H3. The van der Waals surface area contributed by atoms with Crippen molar-refractivity contribution in [1.29, 1.82) is 5.26 Å². The van der Waals surface area contributed by atoms with Crippen molar-refractivity contribution < 1.29 is 0 Å². The van der Waals surface area contributed by atoms with Crippen molar-refractivity contribution >= 4 is 11.4 Å². The van der Waals surface area contributed by atoms with E-state index in [4.69, 9.17) is 5.26 Å². The monoisotopic (exact) mass is 222 g/mol. The van der Waals surface area contributed by atoms with Gasteiger partial charge in [0.25, 0.3) is 0 Å². The van der Waals surface area contributed by atoms with Gasteiger partial charge in [-0.15, -0.1) is 0 Å². The molecule has 0 aliphatic rings. The van der Waals surface area contributed by atoms with E-state index < -0.39 is 0 Å². The predicted molar refractivity (Wildman–Crippen MR) is 70.4 cm³/mol.